The first-order valence-electron chi connectivity index (χ1n) is 9.02. The molecule has 1 aliphatic rings. The predicted octanol–water partition coefficient (Wildman–Crippen LogP) is 5.83. The summed E-state index contributed by atoms with van der Waals surface area (Å²) in [6.07, 6.45) is 16.8. The Morgan fingerprint density at radius 2 is 1.86 bits per heavy atom. The van der Waals surface area contributed by atoms with Crippen LogP contribution in [0.1, 0.15) is 79.1 Å². The molecule has 2 nitrogen and oxygen atoms in total. The highest BCUT2D eigenvalue weighted by atomic mass is 16.5. The van der Waals surface area contributed by atoms with Gasteiger partial charge < -0.3 is 4.74 Å². The van der Waals surface area contributed by atoms with E-state index in [9.17, 15) is 4.79 Å². The molecular weight excluding hydrogens is 272 g/mol. The van der Waals surface area contributed by atoms with Gasteiger partial charge in [-0.3, -0.25) is 0 Å². The van der Waals surface area contributed by atoms with Crippen LogP contribution in [-0.4, -0.2) is 12.1 Å². The van der Waals surface area contributed by atoms with Crippen LogP contribution in [0.5, 0.6) is 0 Å². The topological polar surface area (TPSA) is 26.3 Å². The van der Waals surface area contributed by atoms with Crippen molar-refractivity contribution in [1.29, 1.82) is 0 Å². The summed E-state index contributed by atoms with van der Waals surface area (Å²) in [7, 11) is 0. The third kappa shape index (κ3) is 9.07. The van der Waals surface area contributed by atoms with E-state index in [-0.39, 0.29) is 12.1 Å². The molecule has 0 aromatic rings. The lowest BCUT2D eigenvalue weighted by Crippen LogP contribution is -2.08. The Labute approximate surface area is 137 Å². The van der Waals surface area contributed by atoms with Crippen LogP contribution >= 0.6 is 0 Å². The molecule has 22 heavy (non-hydrogen) atoms. The van der Waals surface area contributed by atoms with E-state index >= 15 is 0 Å². The summed E-state index contributed by atoms with van der Waals surface area (Å²) in [4.78, 5) is 11.5. The molecule has 1 fully saturated rings. The summed E-state index contributed by atoms with van der Waals surface area (Å²) >= 11 is 0. The van der Waals surface area contributed by atoms with Crippen LogP contribution in [0.4, 0.5) is 0 Å². The first-order valence-corrected chi connectivity index (χ1v) is 9.02. The number of esters is 1. The minimum atomic E-state index is -0.248. The molecular formula is C20H34O2. The number of allylic oxidation sites excluding steroid dienone is 3. The lowest BCUT2D eigenvalue weighted by atomic mass is 9.84. The summed E-state index contributed by atoms with van der Waals surface area (Å²) in [6, 6.07) is 0. The van der Waals surface area contributed by atoms with Gasteiger partial charge in [0.1, 0.15) is 0 Å². The SMILES string of the molecule is CC(C=CCC(C)CCC1CCCCC1)=CC(=O)OC(C)C. The van der Waals surface area contributed by atoms with Gasteiger partial charge in [0.15, 0.2) is 0 Å². The number of carbonyl (C=O) groups excluding carboxylic acids is 1. The van der Waals surface area contributed by atoms with E-state index in [0.717, 1.165) is 23.8 Å². The zero-order chi connectivity index (χ0) is 16.4. The molecule has 0 aromatic heterocycles. The van der Waals surface area contributed by atoms with Crippen LogP contribution in [0, 0.1) is 11.8 Å². The molecule has 0 saturated heterocycles. The average molecular weight is 306 g/mol. The minimum Gasteiger partial charge on any atom is -0.460 e. The highest BCUT2D eigenvalue weighted by Gasteiger charge is 2.14. The van der Waals surface area contributed by atoms with Crippen molar-refractivity contribution in [3.8, 4) is 0 Å². The predicted molar refractivity (Wildman–Crippen MR) is 93.7 cm³/mol. The average Bonchev–Trinajstić information content (AvgIpc) is 2.45. The van der Waals surface area contributed by atoms with E-state index in [0.29, 0.717) is 0 Å². The molecule has 0 aliphatic heterocycles. The quantitative estimate of drug-likeness (QED) is 0.320. The molecule has 1 aliphatic carbocycles. The first-order chi connectivity index (χ1) is 10.5. The van der Waals surface area contributed by atoms with Crippen molar-refractivity contribution in [2.24, 2.45) is 11.8 Å². The van der Waals surface area contributed by atoms with E-state index < -0.39 is 0 Å². The second kappa shape index (κ2) is 10.6. The van der Waals surface area contributed by atoms with Crippen molar-refractivity contribution < 1.29 is 9.53 Å². The van der Waals surface area contributed by atoms with Crippen molar-refractivity contribution in [2.45, 2.75) is 85.2 Å². The first kappa shape index (κ1) is 19.0. The summed E-state index contributed by atoms with van der Waals surface area (Å²) in [6.45, 7) is 8.01. The zero-order valence-electron chi connectivity index (χ0n) is 14.9. The Balaban J connectivity index is 2.22. The number of ether oxygens (including phenoxy) is 1. The molecule has 0 spiro atoms. The maximum Gasteiger partial charge on any atom is 0.331 e. The van der Waals surface area contributed by atoms with Gasteiger partial charge in [0, 0.05) is 6.08 Å². The standard InChI is InChI=1S/C20H34O2/c1-16(2)22-20(21)15-18(4)10-8-9-17(3)13-14-19-11-6-5-7-12-19/h8,10,15-17,19H,5-7,9,11-14H2,1-4H3. The van der Waals surface area contributed by atoms with E-state index in [1.54, 1.807) is 6.08 Å². The molecule has 0 amide bonds. The summed E-state index contributed by atoms with van der Waals surface area (Å²) in [5.74, 6) is 1.46. The van der Waals surface area contributed by atoms with Gasteiger partial charge in [-0.05, 0) is 44.6 Å². The Morgan fingerprint density at radius 1 is 1.18 bits per heavy atom. The van der Waals surface area contributed by atoms with Crippen LogP contribution in [0.25, 0.3) is 0 Å². The third-order valence-corrected chi connectivity index (χ3v) is 4.41. The van der Waals surface area contributed by atoms with Gasteiger partial charge in [0.2, 0.25) is 0 Å². The van der Waals surface area contributed by atoms with Crippen LogP contribution in [-0.2, 0) is 9.53 Å². The molecule has 1 saturated carbocycles. The Kier molecular flexibility index (Phi) is 9.19. The van der Waals surface area contributed by atoms with Crippen molar-refractivity contribution >= 4 is 5.97 Å². The molecule has 1 unspecified atom stereocenters. The number of rotatable bonds is 8. The molecule has 2 heteroatoms. The molecule has 0 bridgehead atoms. The van der Waals surface area contributed by atoms with Crippen molar-refractivity contribution in [2.75, 3.05) is 0 Å². The molecule has 1 atom stereocenters. The fourth-order valence-corrected chi connectivity index (χ4v) is 3.10. The highest BCUT2D eigenvalue weighted by Crippen LogP contribution is 2.29. The monoisotopic (exact) mass is 306 g/mol. The second-order valence-electron chi connectivity index (χ2n) is 7.20. The second-order valence-corrected chi connectivity index (χ2v) is 7.20. The van der Waals surface area contributed by atoms with Crippen LogP contribution in [0.3, 0.4) is 0 Å². The van der Waals surface area contributed by atoms with Gasteiger partial charge in [-0.15, -0.1) is 0 Å². The smallest absolute Gasteiger partial charge is 0.331 e. The lowest BCUT2D eigenvalue weighted by molar-refractivity contribution is -0.141. The van der Waals surface area contributed by atoms with Crippen LogP contribution in [0.15, 0.2) is 23.8 Å². The fourth-order valence-electron chi connectivity index (χ4n) is 3.10. The maximum atomic E-state index is 11.5. The van der Waals surface area contributed by atoms with Gasteiger partial charge in [-0.25, -0.2) is 4.79 Å². The maximum absolute atomic E-state index is 11.5. The summed E-state index contributed by atoms with van der Waals surface area (Å²) in [5.41, 5.74) is 0.963. The van der Waals surface area contributed by atoms with Crippen molar-refractivity contribution in [3.05, 3.63) is 23.8 Å². The van der Waals surface area contributed by atoms with Gasteiger partial charge >= 0.3 is 5.97 Å². The number of hydrogen-bond donors (Lipinski definition) is 0. The Hall–Kier alpha value is -1.05. The largest absolute Gasteiger partial charge is 0.460 e. The van der Waals surface area contributed by atoms with Gasteiger partial charge in [0.25, 0.3) is 0 Å². The van der Waals surface area contributed by atoms with Crippen LogP contribution in [0.2, 0.25) is 0 Å². The van der Waals surface area contributed by atoms with Gasteiger partial charge in [0.05, 0.1) is 6.10 Å². The molecule has 0 radical (unpaired) electrons. The zero-order valence-corrected chi connectivity index (χ0v) is 14.9. The van der Waals surface area contributed by atoms with Gasteiger partial charge in [-0.2, -0.15) is 0 Å². The summed E-state index contributed by atoms with van der Waals surface area (Å²) in [5, 5.41) is 0. The van der Waals surface area contributed by atoms with E-state index in [1.165, 1.54) is 44.9 Å². The molecule has 126 valence electrons. The highest BCUT2D eigenvalue weighted by molar-refractivity contribution is 5.83. The fraction of sp³-hybridized carbons (Fsp3) is 0.750. The molecule has 1 rings (SSSR count). The Bertz CT molecular complexity index is 373. The molecule has 0 N–H and O–H groups in total. The molecule has 0 heterocycles. The summed E-state index contributed by atoms with van der Waals surface area (Å²) < 4.78 is 5.10. The third-order valence-electron chi connectivity index (χ3n) is 4.41. The van der Waals surface area contributed by atoms with E-state index in [2.05, 4.69) is 13.0 Å². The minimum absolute atomic E-state index is 0.0552. The van der Waals surface area contributed by atoms with E-state index in [4.69, 9.17) is 4.74 Å². The Morgan fingerprint density at radius 3 is 2.50 bits per heavy atom. The number of carbonyl (C=O) groups is 1. The molecule has 0 aromatic carbocycles. The van der Waals surface area contributed by atoms with Crippen LogP contribution < -0.4 is 0 Å². The van der Waals surface area contributed by atoms with Crippen molar-refractivity contribution in [3.63, 3.8) is 0 Å². The van der Waals surface area contributed by atoms with Gasteiger partial charge in [-0.1, -0.05) is 64.0 Å². The van der Waals surface area contributed by atoms with Crippen molar-refractivity contribution in [1.82, 2.24) is 0 Å². The lowest BCUT2D eigenvalue weighted by Gasteiger charge is -2.22. The normalized spacial score (nSPS) is 18.9. The van der Waals surface area contributed by atoms with E-state index in [1.807, 2.05) is 26.8 Å². The number of hydrogen-bond acceptors (Lipinski definition) is 2.